The molecule has 1 N–H and O–H groups in total. The van der Waals surface area contributed by atoms with E-state index in [0.717, 1.165) is 23.8 Å². The second-order valence-corrected chi connectivity index (χ2v) is 5.11. The molecule has 9 nitrogen and oxygen atoms in total. The third-order valence-corrected chi connectivity index (χ3v) is 3.49. The van der Waals surface area contributed by atoms with Crippen LogP contribution in [-0.2, 0) is 13.1 Å². The molecule has 0 unspecified atom stereocenters. The van der Waals surface area contributed by atoms with Gasteiger partial charge in [0.2, 0.25) is 5.52 Å². The van der Waals surface area contributed by atoms with Gasteiger partial charge >= 0.3 is 11.6 Å². The summed E-state index contributed by atoms with van der Waals surface area (Å²) in [7, 11) is 0. The van der Waals surface area contributed by atoms with E-state index in [2.05, 4.69) is 9.97 Å². The predicted octanol–water partition coefficient (Wildman–Crippen LogP) is 1.39. The molecule has 2 rings (SSSR count). The molecular weight excluding hydrogens is 290 g/mol. The fourth-order valence-corrected chi connectivity index (χ4v) is 2.27. The SMILES string of the molecule is CCCCn1c(=O)c2[nH]c([N+](=O)[O-])nc2n(CCCC)c1=O. The van der Waals surface area contributed by atoms with Crippen LogP contribution in [0.15, 0.2) is 9.59 Å². The third kappa shape index (κ3) is 2.78. The molecule has 0 spiro atoms. The highest BCUT2D eigenvalue weighted by Gasteiger charge is 2.23. The number of aryl methyl sites for hydroxylation is 1. The number of aromatic nitrogens is 4. The molecule has 120 valence electrons. The highest BCUT2D eigenvalue weighted by atomic mass is 16.6. The molecule has 0 aliphatic rings. The summed E-state index contributed by atoms with van der Waals surface area (Å²) < 4.78 is 2.47. The van der Waals surface area contributed by atoms with Crippen molar-refractivity contribution in [3.8, 4) is 0 Å². The van der Waals surface area contributed by atoms with Crippen molar-refractivity contribution in [2.24, 2.45) is 0 Å². The average molecular weight is 309 g/mol. The summed E-state index contributed by atoms with van der Waals surface area (Å²) in [6.45, 7) is 4.60. The Hall–Kier alpha value is -2.45. The van der Waals surface area contributed by atoms with Gasteiger partial charge in [-0.15, -0.1) is 0 Å². The van der Waals surface area contributed by atoms with E-state index in [9.17, 15) is 19.7 Å². The van der Waals surface area contributed by atoms with Gasteiger partial charge in [-0.3, -0.25) is 13.9 Å². The number of aromatic amines is 1. The normalized spacial score (nSPS) is 11.2. The molecule has 0 aliphatic heterocycles. The fraction of sp³-hybridized carbons (Fsp3) is 0.615. The van der Waals surface area contributed by atoms with Crippen LogP contribution in [0.3, 0.4) is 0 Å². The number of H-pyrrole nitrogens is 1. The van der Waals surface area contributed by atoms with Crippen molar-refractivity contribution < 1.29 is 4.92 Å². The standard InChI is InChI=1S/C13H19N5O4/c1-3-5-7-16-10-9(14-12(15-10)18(21)22)11(19)17(13(16)20)8-6-4-2/h3-8H2,1-2H3,(H,14,15). The van der Waals surface area contributed by atoms with Crippen LogP contribution in [0.25, 0.3) is 11.2 Å². The molecule has 0 saturated heterocycles. The molecule has 0 fully saturated rings. The van der Waals surface area contributed by atoms with Crippen LogP contribution in [-0.4, -0.2) is 24.0 Å². The smallest absolute Gasteiger partial charge is 0.390 e. The van der Waals surface area contributed by atoms with E-state index in [-0.39, 0.29) is 11.2 Å². The van der Waals surface area contributed by atoms with Crippen molar-refractivity contribution in [2.45, 2.75) is 52.6 Å². The zero-order valence-corrected chi connectivity index (χ0v) is 12.7. The second-order valence-electron chi connectivity index (χ2n) is 5.11. The Kier molecular flexibility index (Phi) is 4.74. The van der Waals surface area contributed by atoms with Gasteiger partial charge in [-0.05, 0) is 22.7 Å². The van der Waals surface area contributed by atoms with Gasteiger partial charge in [0.15, 0.2) is 0 Å². The number of rotatable bonds is 7. The van der Waals surface area contributed by atoms with E-state index in [0.29, 0.717) is 19.5 Å². The minimum atomic E-state index is -0.704. The number of hydrogen-bond donors (Lipinski definition) is 1. The summed E-state index contributed by atoms with van der Waals surface area (Å²) in [5.41, 5.74) is -0.941. The maximum atomic E-state index is 12.5. The van der Waals surface area contributed by atoms with Crippen LogP contribution in [0.1, 0.15) is 39.5 Å². The topological polar surface area (TPSA) is 116 Å². The maximum absolute atomic E-state index is 12.5. The Bertz CT molecular complexity index is 801. The highest BCUT2D eigenvalue weighted by Crippen LogP contribution is 2.12. The summed E-state index contributed by atoms with van der Waals surface area (Å²) >= 11 is 0. The van der Waals surface area contributed by atoms with E-state index in [4.69, 9.17) is 0 Å². The van der Waals surface area contributed by atoms with Gasteiger partial charge in [0.25, 0.3) is 11.2 Å². The molecule has 0 aliphatic carbocycles. The number of nitro groups is 1. The zero-order valence-electron chi connectivity index (χ0n) is 12.7. The lowest BCUT2D eigenvalue weighted by Gasteiger charge is -2.08. The van der Waals surface area contributed by atoms with Gasteiger partial charge in [-0.2, -0.15) is 0 Å². The lowest BCUT2D eigenvalue weighted by atomic mass is 10.3. The molecule has 2 heterocycles. The van der Waals surface area contributed by atoms with Gasteiger partial charge in [0.05, 0.1) is 0 Å². The first-order valence-corrected chi connectivity index (χ1v) is 7.39. The molecule has 0 atom stereocenters. The summed E-state index contributed by atoms with van der Waals surface area (Å²) in [6, 6.07) is 0. The zero-order chi connectivity index (χ0) is 16.3. The number of nitrogens with zero attached hydrogens (tertiary/aromatic N) is 4. The predicted molar refractivity (Wildman–Crippen MR) is 81.1 cm³/mol. The van der Waals surface area contributed by atoms with Crippen LogP contribution in [0.4, 0.5) is 5.95 Å². The molecule has 0 aromatic carbocycles. The molecule has 0 bridgehead atoms. The van der Waals surface area contributed by atoms with Crippen LogP contribution in [0.5, 0.6) is 0 Å². The first kappa shape index (κ1) is 15.9. The van der Waals surface area contributed by atoms with E-state index in [1.807, 2.05) is 13.8 Å². The summed E-state index contributed by atoms with van der Waals surface area (Å²) in [5.74, 6) is -0.523. The summed E-state index contributed by atoms with van der Waals surface area (Å²) in [4.78, 5) is 41.3. The summed E-state index contributed by atoms with van der Waals surface area (Å²) in [6.07, 6.45) is 3.10. The lowest BCUT2D eigenvalue weighted by molar-refractivity contribution is -0.393. The Morgan fingerprint density at radius 3 is 2.27 bits per heavy atom. The van der Waals surface area contributed by atoms with Crippen molar-refractivity contribution >= 4 is 17.1 Å². The molecule has 0 amide bonds. The van der Waals surface area contributed by atoms with Crippen molar-refractivity contribution in [1.29, 1.82) is 0 Å². The quantitative estimate of drug-likeness (QED) is 0.613. The molecule has 22 heavy (non-hydrogen) atoms. The monoisotopic (exact) mass is 309 g/mol. The molecule has 2 aromatic heterocycles. The molecule has 9 heteroatoms. The number of imidazole rings is 1. The van der Waals surface area contributed by atoms with Gasteiger partial charge < -0.3 is 10.1 Å². The Balaban J connectivity index is 2.73. The van der Waals surface area contributed by atoms with Crippen molar-refractivity contribution in [3.63, 3.8) is 0 Å². The second kappa shape index (κ2) is 6.54. The average Bonchev–Trinajstić information content (AvgIpc) is 2.92. The van der Waals surface area contributed by atoms with Crippen molar-refractivity contribution in [3.05, 3.63) is 31.0 Å². The molecule has 2 aromatic rings. The highest BCUT2D eigenvalue weighted by molar-refractivity contribution is 5.71. The van der Waals surface area contributed by atoms with Gasteiger partial charge in [-0.25, -0.2) is 9.78 Å². The van der Waals surface area contributed by atoms with Crippen molar-refractivity contribution in [1.82, 2.24) is 19.1 Å². The minimum absolute atomic E-state index is 0.0125. The first-order chi connectivity index (χ1) is 10.5. The van der Waals surface area contributed by atoms with Gasteiger partial charge in [-0.1, -0.05) is 26.7 Å². The Morgan fingerprint density at radius 1 is 1.14 bits per heavy atom. The Labute approximate surface area is 125 Å². The van der Waals surface area contributed by atoms with E-state index in [1.165, 1.54) is 4.57 Å². The number of unbranched alkanes of at least 4 members (excludes halogenated alkanes) is 2. The number of fused-ring (bicyclic) bond motifs is 1. The van der Waals surface area contributed by atoms with Crippen LogP contribution >= 0.6 is 0 Å². The summed E-state index contributed by atoms with van der Waals surface area (Å²) in [5, 5.41) is 10.9. The van der Waals surface area contributed by atoms with Crippen LogP contribution < -0.4 is 11.2 Å². The van der Waals surface area contributed by atoms with Crippen LogP contribution in [0.2, 0.25) is 0 Å². The van der Waals surface area contributed by atoms with E-state index in [1.54, 1.807) is 0 Å². The van der Waals surface area contributed by atoms with E-state index >= 15 is 0 Å². The van der Waals surface area contributed by atoms with Gasteiger partial charge in [0, 0.05) is 13.1 Å². The fourth-order valence-electron chi connectivity index (χ4n) is 2.27. The van der Waals surface area contributed by atoms with Crippen LogP contribution in [0, 0.1) is 10.1 Å². The maximum Gasteiger partial charge on any atom is 0.435 e. The minimum Gasteiger partial charge on any atom is -0.390 e. The number of hydrogen-bond acceptors (Lipinski definition) is 5. The van der Waals surface area contributed by atoms with E-state index < -0.39 is 22.1 Å². The van der Waals surface area contributed by atoms with Crippen molar-refractivity contribution in [2.75, 3.05) is 0 Å². The number of nitrogens with one attached hydrogen (secondary N) is 1. The largest absolute Gasteiger partial charge is 0.435 e. The first-order valence-electron chi connectivity index (χ1n) is 7.39. The molecule has 0 radical (unpaired) electrons. The molecule has 0 saturated carbocycles. The Morgan fingerprint density at radius 2 is 1.73 bits per heavy atom. The van der Waals surface area contributed by atoms with Gasteiger partial charge in [0.1, 0.15) is 0 Å². The molecular formula is C13H19N5O4. The third-order valence-electron chi connectivity index (χ3n) is 3.49. The lowest BCUT2D eigenvalue weighted by Crippen LogP contribution is -2.40.